The van der Waals surface area contributed by atoms with Crippen LogP contribution in [0.4, 0.5) is 18.9 Å². The Kier molecular flexibility index (Phi) is 4.95. The van der Waals surface area contributed by atoms with Gasteiger partial charge in [-0.25, -0.2) is 9.20 Å². The molecule has 36 heavy (non-hydrogen) atoms. The maximum atomic E-state index is 13.6. The van der Waals surface area contributed by atoms with Crippen LogP contribution in [0.1, 0.15) is 34.5 Å². The number of carbonyl (C=O) groups is 1. The Balaban J connectivity index is 1.24. The lowest BCUT2D eigenvalue weighted by atomic mass is 10.1. The molecule has 1 aromatic carbocycles. The molecule has 6 rings (SSSR count). The van der Waals surface area contributed by atoms with Gasteiger partial charge in [-0.05, 0) is 56.2 Å². The number of fused-ring (bicyclic) bond motifs is 3. The van der Waals surface area contributed by atoms with E-state index in [9.17, 15) is 22.8 Å². The Bertz CT molecular complexity index is 1510. The first-order valence-corrected chi connectivity index (χ1v) is 11.6. The van der Waals surface area contributed by atoms with Gasteiger partial charge in [0.15, 0.2) is 0 Å². The Morgan fingerprint density at radius 2 is 1.78 bits per heavy atom. The van der Waals surface area contributed by atoms with Crippen LogP contribution in [0.25, 0.3) is 11.5 Å². The standard InChI is InChI=1S/C24H22F3N7O2/c1-14-19(11-28-34(14)23-29-21(35)20-3-2-10-32(20)30-23)22(36)33-17-8-9-18(33)13-31(12-17)16-6-4-15(5-7-16)24(25,26)27/h2-7,10-11,17-18H,8-9,12-13H2,1H3,(H,29,30,35). The molecule has 2 atom stereocenters. The molecular formula is C24H22F3N7O2. The highest BCUT2D eigenvalue weighted by atomic mass is 19.4. The fourth-order valence-corrected chi connectivity index (χ4v) is 5.31. The summed E-state index contributed by atoms with van der Waals surface area (Å²) < 4.78 is 41.7. The molecule has 2 aliphatic heterocycles. The van der Waals surface area contributed by atoms with E-state index in [-0.39, 0.29) is 29.5 Å². The second kappa shape index (κ2) is 7.97. The molecule has 9 nitrogen and oxygen atoms in total. The van der Waals surface area contributed by atoms with E-state index in [0.29, 0.717) is 35.6 Å². The number of nitrogens with one attached hydrogen (secondary N) is 1. The summed E-state index contributed by atoms with van der Waals surface area (Å²) in [5.41, 5.74) is 1.10. The molecule has 5 heterocycles. The molecule has 2 unspecified atom stereocenters. The highest BCUT2D eigenvalue weighted by Gasteiger charge is 2.43. The number of aromatic amines is 1. The first-order valence-electron chi connectivity index (χ1n) is 11.6. The normalized spacial score (nSPS) is 19.9. The smallest absolute Gasteiger partial charge is 0.367 e. The van der Waals surface area contributed by atoms with Crippen molar-refractivity contribution in [3.8, 4) is 5.95 Å². The van der Waals surface area contributed by atoms with Crippen LogP contribution in [0.5, 0.6) is 0 Å². The number of piperazine rings is 1. The van der Waals surface area contributed by atoms with Crippen LogP contribution in [0.15, 0.2) is 53.6 Å². The van der Waals surface area contributed by atoms with E-state index in [2.05, 4.69) is 15.2 Å². The molecule has 12 heteroatoms. The molecule has 3 aromatic heterocycles. The third kappa shape index (κ3) is 3.55. The van der Waals surface area contributed by atoms with Crippen molar-refractivity contribution in [1.29, 1.82) is 0 Å². The lowest BCUT2D eigenvalue weighted by molar-refractivity contribution is -0.137. The van der Waals surface area contributed by atoms with Gasteiger partial charge < -0.3 is 9.80 Å². The van der Waals surface area contributed by atoms with E-state index in [1.54, 1.807) is 25.3 Å². The highest BCUT2D eigenvalue weighted by molar-refractivity contribution is 5.96. The van der Waals surface area contributed by atoms with Crippen molar-refractivity contribution in [3.05, 3.63) is 76.0 Å². The molecule has 186 valence electrons. The average Bonchev–Trinajstić information content (AvgIpc) is 3.54. The van der Waals surface area contributed by atoms with Crippen molar-refractivity contribution in [2.45, 2.75) is 38.0 Å². The van der Waals surface area contributed by atoms with Crippen LogP contribution in [0.3, 0.4) is 0 Å². The molecule has 1 N–H and O–H groups in total. The maximum absolute atomic E-state index is 13.6. The minimum absolute atomic E-state index is 0.0598. The summed E-state index contributed by atoms with van der Waals surface area (Å²) in [5.74, 6) is 0.0538. The van der Waals surface area contributed by atoms with Crippen LogP contribution in [-0.2, 0) is 6.18 Å². The molecule has 0 radical (unpaired) electrons. The van der Waals surface area contributed by atoms with E-state index in [0.717, 1.165) is 25.0 Å². The van der Waals surface area contributed by atoms with E-state index in [1.165, 1.54) is 27.5 Å². The van der Waals surface area contributed by atoms with E-state index >= 15 is 0 Å². The van der Waals surface area contributed by atoms with Crippen molar-refractivity contribution in [2.24, 2.45) is 0 Å². The van der Waals surface area contributed by atoms with Crippen LogP contribution in [0.2, 0.25) is 0 Å². The third-order valence-corrected chi connectivity index (χ3v) is 7.11. The SMILES string of the molecule is Cc1c(C(=O)N2C3CCC2CN(c2ccc(C(F)(F)F)cc2)C3)cnn1-c1nn2cccc2c(=O)[nH]1. The predicted octanol–water partition coefficient (Wildman–Crippen LogP) is 3.03. The lowest BCUT2D eigenvalue weighted by Gasteiger charge is -2.42. The largest absolute Gasteiger partial charge is 0.416 e. The van der Waals surface area contributed by atoms with Gasteiger partial charge >= 0.3 is 6.18 Å². The molecule has 1 amide bonds. The van der Waals surface area contributed by atoms with Gasteiger partial charge in [-0.3, -0.25) is 14.6 Å². The number of halogens is 3. The summed E-state index contributed by atoms with van der Waals surface area (Å²) in [6, 6.07) is 8.41. The van der Waals surface area contributed by atoms with E-state index in [4.69, 9.17) is 0 Å². The first-order chi connectivity index (χ1) is 17.2. The summed E-state index contributed by atoms with van der Waals surface area (Å²) in [6.07, 6.45) is 0.410. The number of hydrogen-bond donors (Lipinski definition) is 1. The Labute approximate surface area is 202 Å². The van der Waals surface area contributed by atoms with Crippen LogP contribution < -0.4 is 10.5 Å². The van der Waals surface area contributed by atoms with Gasteiger partial charge in [-0.1, -0.05) is 0 Å². The Morgan fingerprint density at radius 3 is 2.44 bits per heavy atom. The molecular weight excluding hydrogens is 475 g/mol. The minimum Gasteiger partial charge on any atom is -0.367 e. The quantitative estimate of drug-likeness (QED) is 0.470. The number of nitrogens with zero attached hydrogens (tertiary/aromatic N) is 6. The molecule has 2 saturated heterocycles. The minimum atomic E-state index is -4.37. The summed E-state index contributed by atoms with van der Waals surface area (Å²) in [4.78, 5) is 32.6. The number of rotatable bonds is 3. The van der Waals surface area contributed by atoms with Crippen molar-refractivity contribution in [3.63, 3.8) is 0 Å². The van der Waals surface area contributed by atoms with Crippen LogP contribution in [0, 0.1) is 6.92 Å². The molecule has 2 aliphatic rings. The van der Waals surface area contributed by atoms with Gasteiger partial charge in [0.25, 0.3) is 11.5 Å². The summed E-state index contributed by atoms with van der Waals surface area (Å²) >= 11 is 0. The molecule has 0 aliphatic carbocycles. The lowest BCUT2D eigenvalue weighted by Crippen LogP contribution is -2.56. The number of aromatic nitrogens is 5. The summed E-state index contributed by atoms with van der Waals surface area (Å²) in [6.45, 7) is 2.83. The predicted molar refractivity (Wildman–Crippen MR) is 124 cm³/mol. The zero-order chi connectivity index (χ0) is 25.2. The molecule has 0 saturated carbocycles. The zero-order valence-electron chi connectivity index (χ0n) is 19.2. The van der Waals surface area contributed by atoms with Gasteiger partial charge in [-0.15, -0.1) is 5.10 Å². The Hall–Kier alpha value is -4.09. The maximum Gasteiger partial charge on any atom is 0.416 e. The average molecular weight is 497 g/mol. The van der Waals surface area contributed by atoms with E-state index < -0.39 is 11.7 Å². The molecule has 2 fully saturated rings. The number of amides is 1. The topological polar surface area (TPSA) is 91.5 Å². The van der Waals surface area contributed by atoms with Gasteiger partial charge in [0.05, 0.1) is 23.0 Å². The van der Waals surface area contributed by atoms with E-state index in [1.807, 2.05) is 9.80 Å². The number of H-pyrrole nitrogens is 1. The molecule has 0 spiro atoms. The van der Waals surface area contributed by atoms with Crippen molar-refractivity contribution in [1.82, 2.24) is 29.3 Å². The van der Waals surface area contributed by atoms with Crippen LogP contribution in [-0.4, -0.2) is 60.4 Å². The molecule has 2 bridgehead atoms. The third-order valence-electron chi connectivity index (χ3n) is 7.11. The van der Waals surface area contributed by atoms with Crippen LogP contribution >= 0.6 is 0 Å². The second-order valence-electron chi connectivity index (χ2n) is 9.22. The monoisotopic (exact) mass is 497 g/mol. The van der Waals surface area contributed by atoms with Crippen molar-refractivity contribution < 1.29 is 18.0 Å². The zero-order valence-corrected chi connectivity index (χ0v) is 19.2. The fraction of sp³-hybridized carbons (Fsp3) is 0.333. The van der Waals surface area contributed by atoms with Gasteiger partial charge in [0, 0.05) is 37.1 Å². The highest BCUT2D eigenvalue weighted by Crippen LogP contribution is 2.36. The van der Waals surface area contributed by atoms with Gasteiger partial charge in [0.1, 0.15) is 5.52 Å². The number of anilines is 1. The number of hydrogen-bond acceptors (Lipinski definition) is 5. The number of benzene rings is 1. The van der Waals surface area contributed by atoms with Gasteiger partial charge in [0.2, 0.25) is 5.95 Å². The first kappa shape index (κ1) is 22.4. The number of carbonyl (C=O) groups excluding carboxylic acids is 1. The summed E-state index contributed by atoms with van der Waals surface area (Å²) in [7, 11) is 0. The molecule has 4 aromatic rings. The summed E-state index contributed by atoms with van der Waals surface area (Å²) in [5, 5.41) is 8.70. The fourth-order valence-electron chi connectivity index (χ4n) is 5.31. The van der Waals surface area contributed by atoms with Gasteiger partial charge in [-0.2, -0.15) is 18.3 Å². The van der Waals surface area contributed by atoms with Crippen molar-refractivity contribution in [2.75, 3.05) is 18.0 Å². The second-order valence-corrected chi connectivity index (χ2v) is 9.22. The number of alkyl halides is 3. The van der Waals surface area contributed by atoms with Crippen molar-refractivity contribution >= 4 is 17.1 Å². The Morgan fingerprint density at radius 1 is 1.08 bits per heavy atom.